The lowest BCUT2D eigenvalue weighted by Gasteiger charge is -2.05. The molecule has 0 aliphatic carbocycles. The van der Waals surface area contributed by atoms with Gasteiger partial charge in [0.25, 0.3) is 5.91 Å². The lowest BCUT2D eigenvalue weighted by Crippen LogP contribution is -2.23. The van der Waals surface area contributed by atoms with Crippen molar-refractivity contribution < 1.29 is 9.59 Å². The molecular formula is C18H17N5O2. The Morgan fingerprint density at radius 3 is 2.44 bits per heavy atom. The van der Waals surface area contributed by atoms with Crippen molar-refractivity contribution in [1.29, 1.82) is 0 Å². The molecule has 1 heterocycles. The lowest BCUT2D eigenvalue weighted by molar-refractivity contribution is 0.0951. The van der Waals surface area contributed by atoms with Gasteiger partial charge in [-0.1, -0.05) is 18.2 Å². The van der Waals surface area contributed by atoms with Crippen LogP contribution in [-0.2, 0) is 6.54 Å². The first-order valence-electron chi connectivity index (χ1n) is 7.65. The number of amides is 3. The van der Waals surface area contributed by atoms with E-state index in [1.54, 1.807) is 35.1 Å². The number of para-hydroxylation sites is 1. The van der Waals surface area contributed by atoms with Crippen LogP contribution in [0.15, 0.2) is 67.0 Å². The maximum Gasteiger partial charge on any atom is 0.316 e. The Hall–Kier alpha value is -3.61. The molecule has 7 heteroatoms. The number of nitrogens with one attached hydrogen (secondary N) is 2. The van der Waals surface area contributed by atoms with Gasteiger partial charge < -0.3 is 16.4 Å². The van der Waals surface area contributed by atoms with E-state index >= 15 is 0 Å². The zero-order valence-electron chi connectivity index (χ0n) is 13.3. The molecule has 0 aliphatic heterocycles. The van der Waals surface area contributed by atoms with Crippen molar-refractivity contribution in [3.8, 4) is 5.69 Å². The number of nitrogens with zero attached hydrogens (tertiary/aromatic N) is 2. The summed E-state index contributed by atoms with van der Waals surface area (Å²) in [4.78, 5) is 23.0. The van der Waals surface area contributed by atoms with Gasteiger partial charge in [0, 0.05) is 29.6 Å². The maximum atomic E-state index is 12.2. The zero-order chi connectivity index (χ0) is 17.6. The van der Waals surface area contributed by atoms with Gasteiger partial charge in [-0.05, 0) is 36.4 Å². The van der Waals surface area contributed by atoms with E-state index in [4.69, 9.17) is 5.73 Å². The largest absolute Gasteiger partial charge is 0.351 e. The van der Waals surface area contributed by atoms with E-state index in [0.717, 1.165) is 11.3 Å². The fourth-order valence-electron chi connectivity index (χ4n) is 2.30. The Morgan fingerprint density at radius 1 is 1.04 bits per heavy atom. The van der Waals surface area contributed by atoms with Gasteiger partial charge in [0.2, 0.25) is 0 Å². The van der Waals surface area contributed by atoms with Crippen molar-refractivity contribution >= 4 is 17.6 Å². The van der Waals surface area contributed by atoms with Gasteiger partial charge >= 0.3 is 6.03 Å². The van der Waals surface area contributed by atoms with E-state index in [1.807, 2.05) is 36.5 Å². The highest BCUT2D eigenvalue weighted by molar-refractivity contribution is 5.95. The Labute approximate surface area is 144 Å². The van der Waals surface area contributed by atoms with Gasteiger partial charge in [0.15, 0.2) is 0 Å². The summed E-state index contributed by atoms with van der Waals surface area (Å²) in [6, 6.07) is 15.6. The third kappa shape index (κ3) is 4.23. The van der Waals surface area contributed by atoms with Crippen molar-refractivity contribution in [3.63, 3.8) is 0 Å². The molecule has 0 radical (unpaired) electrons. The molecule has 0 aliphatic rings. The summed E-state index contributed by atoms with van der Waals surface area (Å²) in [7, 11) is 0. The van der Waals surface area contributed by atoms with Crippen molar-refractivity contribution in [2.75, 3.05) is 5.32 Å². The van der Waals surface area contributed by atoms with Crippen LogP contribution in [0.5, 0.6) is 0 Å². The third-order valence-electron chi connectivity index (χ3n) is 3.52. The average Bonchev–Trinajstić information content (AvgIpc) is 3.10. The second-order valence-electron chi connectivity index (χ2n) is 5.38. The van der Waals surface area contributed by atoms with Crippen molar-refractivity contribution in [3.05, 3.63) is 78.1 Å². The third-order valence-corrected chi connectivity index (χ3v) is 3.52. The van der Waals surface area contributed by atoms with E-state index < -0.39 is 6.03 Å². The highest BCUT2D eigenvalue weighted by Gasteiger charge is 2.07. The van der Waals surface area contributed by atoms with Crippen LogP contribution in [0.2, 0.25) is 0 Å². The van der Waals surface area contributed by atoms with Crippen LogP contribution >= 0.6 is 0 Å². The van der Waals surface area contributed by atoms with E-state index in [2.05, 4.69) is 15.7 Å². The Morgan fingerprint density at radius 2 is 1.76 bits per heavy atom. The first kappa shape index (κ1) is 16.3. The Kier molecular flexibility index (Phi) is 4.75. The van der Waals surface area contributed by atoms with Gasteiger partial charge in [0.1, 0.15) is 0 Å². The number of nitrogens with two attached hydrogens (primary N) is 1. The van der Waals surface area contributed by atoms with Crippen molar-refractivity contribution in [2.45, 2.75) is 6.54 Å². The molecule has 7 nitrogen and oxygen atoms in total. The Bertz CT molecular complexity index is 872. The SMILES string of the molecule is NC(=O)Nc1ccc(C(=O)NCc2cnn(-c3ccccc3)c2)cc1. The fourth-order valence-corrected chi connectivity index (χ4v) is 2.30. The highest BCUT2D eigenvalue weighted by atomic mass is 16.2. The molecule has 3 amide bonds. The summed E-state index contributed by atoms with van der Waals surface area (Å²) < 4.78 is 1.76. The Balaban J connectivity index is 1.59. The average molecular weight is 335 g/mol. The van der Waals surface area contributed by atoms with Crippen molar-refractivity contribution in [1.82, 2.24) is 15.1 Å². The molecule has 2 aromatic carbocycles. The number of carbonyl (C=O) groups excluding carboxylic acids is 2. The molecule has 0 spiro atoms. The number of aromatic nitrogens is 2. The minimum absolute atomic E-state index is 0.210. The molecule has 3 rings (SSSR count). The van der Waals surface area contributed by atoms with Gasteiger partial charge in [-0.2, -0.15) is 5.10 Å². The molecule has 4 N–H and O–H groups in total. The molecule has 0 unspecified atom stereocenters. The summed E-state index contributed by atoms with van der Waals surface area (Å²) in [5.74, 6) is -0.210. The fraction of sp³-hybridized carbons (Fsp3) is 0.0556. The topological polar surface area (TPSA) is 102 Å². The second-order valence-corrected chi connectivity index (χ2v) is 5.38. The normalized spacial score (nSPS) is 10.2. The minimum Gasteiger partial charge on any atom is -0.351 e. The molecule has 0 atom stereocenters. The predicted molar refractivity (Wildman–Crippen MR) is 94.4 cm³/mol. The summed E-state index contributed by atoms with van der Waals surface area (Å²) in [5, 5.41) is 9.57. The van der Waals surface area contributed by atoms with E-state index in [-0.39, 0.29) is 5.91 Å². The minimum atomic E-state index is -0.646. The number of hydrogen-bond acceptors (Lipinski definition) is 3. The standard InChI is InChI=1S/C18H17N5O2/c19-18(25)22-15-8-6-14(7-9-15)17(24)20-10-13-11-21-23(12-13)16-4-2-1-3-5-16/h1-9,11-12H,10H2,(H,20,24)(H3,19,22,25). The predicted octanol–water partition coefficient (Wildman–Crippen LogP) is 2.29. The quantitative estimate of drug-likeness (QED) is 0.666. The molecular weight excluding hydrogens is 318 g/mol. The maximum absolute atomic E-state index is 12.2. The van der Waals surface area contributed by atoms with E-state index in [1.165, 1.54) is 0 Å². The summed E-state index contributed by atoms with van der Waals surface area (Å²) in [6.07, 6.45) is 3.59. The van der Waals surface area contributed by atoms with E-state index in [9.17, 15) is 9.59 Å². The number of urea groups is 1. The van der Waals surface area contributed by atoms with Crippen LogP contribution in [0.1, 0.15) is 15.9 Å². The van der Waals surface area contributed by atoms with E-state index in [0.29, 0.717) is 17.8 Å². The molecule has 25 heavy (non-hydrogen) atoms. The molecule has 126 valence electrons. The summed E-state index contributed by atoms with van der Waals surface area (Å²) in [5.41, 5.74) is 7.92. The molecule has 0 bridgehead atoms. The molecule has 0 saturated carbocycles. The second kappa shape index (κ2) is 7.31. The van der Waals surface area contributed by atoms with Gasteiger partial charge in [-0.25, -0.2) is 9.48 Å². The molecule has 0 saturated heterocycles. The van der Waals surface area contributed by atoms with Crippen molar-refractivity contribution in [2.24, 2.45) is 5.73 Å². The smallest absolute Gasteiger partial charge is 0.316 e. The number of carbonyl (C=O) groups is 2. The van der Waals surface area contributed by atoms with Crippen LogP contribution in [0.25, 0.3) is 5.69 Å². The summed E-state index contributed by atoms with van der Waals surface area (Å²) >= 11 is 0. The van der Waals surface area contributed by atoms with Crippen LogP contribution in [-0.4, -0.2) is 21.7 Å². The lowest BCUT2D eigenvalue weighted by atomic mass is 10.2. The number of rotatable bonds is 5. The van der Waals surface area contributed by atoms with Gasteiger partial charge in [-0.3, -0.25) is 4.79 Å². The molecule has 3 aromatic rings. The van der Waals surface area contributed by atoms with Crippen LogP contribution in [0, 0.1) is 0 Å². The molecule has 1 aromatic heterocycles. The zero-order valence-corrected chi connectivity index (χ0v) is 13.3. The summed E-state index contributed by atoms with van der Waals surface area (Å²) in [6.45, 7) is 0.368. The number of primary amides is 1. The number of anilines is 1. The first-order chi connectivity index (χ1) is 12.1. The first-order valence-corrected chi connectivity index (χ1v) is 7.65. The molecule has 0 fully saturated rings. The van der Waals surface area contributed by atoms with Gasteiger partial charge in [-0.15, -0.1) is 0 Å². The number of hydrogen-bond donors (Lipinski definition) is 3. The number of benzene rings is 2. The van der Waals surface area contributed by atoms with Crippen LogP contribution < -0.4 is 16.4 Å². The monoisotopic (exact) mass is 335 g/mol. The highest BCUT2D eigenvalue weighted by Crippen LogP contribution is 2.10. The van der Waals surface area contributed by atoms with Crippen LogP contribution in [0.3, 0.4) is 0 Å². The van der Waals surface area contributed by atoms with Gasteiger partial charge in [0.05, 0.1) is 11.9 Å². The van der Waals surface area contributed by atoms with Crippen LogP contribution in [0.4, 0.5) is 10.5 Å².